The van der Waals surface area contributed by atoms with Crippen molar-refractivity contribution >= 4 is 0 Å². The van der Waals surface area contributed by atoms with E-state index < -0.39 is 0 Å². The van der Waals surface area contributed by atoms with E-state index in [-0.39, 0.29) is 0 Å². The van der Waals surface area contributed by atoms with Crippen molar-refractivity contribution in [2.24, 2.45) is 5.73 Å². The molecule has 0 spiro atoms. The number of nitrogens with two attached hydrogens (primary N) is 1. The van der Waals surface area contributed by atoms with Crippen LogP contribution in [-0.4, -0.2) is 37.7 Å². The maximum absolute atomic E-state index is 6.05. The smallest absolute Gasteiger partial charge is 0.0595 e. The lowest BCUT2D eigenvalue weighted by Gasteiger charge is -2.37. The molecule has 1 aliphatic heterocycles. The predicted molar refractivity (Wildman–Crippen MR) is 79.2 cm³/mol. The fourth-order valence-corrected chi connectivity index (χ4v) is 3.08. The summed E-state index contributed by atoms with van der Waals surface area (Å²) in [5.74, 6) is 0. The highest BCUT2D eigenvalue weighted by molar-refractivity contribution is 5.30. The maximum atomic E-state index is 6.05. The van der Waals surface area contributed by atoms with Crippen LogP contribution >= 0.6 is 0 Å². The van der Waals surface area contributed by atoms with Gasteiger partial charge in [0.1, 0.15) is 0 Å². The van der Waals surface area contributed by atoms with Gasteiger partial charge >= 0.3 is 0 Å². The van der Waals surface area contributed by atoms with E-state index >= 15 is 0 Å². The van der Waals surface area contributed by atoms with E-state index in [0.29, 0.717) is 18.7 Å². The van der Waals surface area contributed by atoms with Crippen LogP contribution in [0.4, 0.5) is 0 Å². The molecule has 1 heterocycles. The van der Waals surface area contributed by atoms with Crippen LogP contribution in [0.3, 0.4) is 0 Å². The standard InChI is InChI=1S/C16H26N2O/c1-3-13-6-4-5-7-15(13)16(12-17)18-10-8-14(19-2)9-11-18/h4-7,14,16H,3,8-12,17H2,1-2H3. The zero-order valence-corrected chi connectivity index (χ0v) is 12.1. The molecule has 0 bridgehead atoms. The van der Waals surface area contributed by atoms with E-state index in [4.69, 9.17) is 10.5 Å². The van der Waals surface area contributed by atoms with Crippen molar-refractivity contribution in [3.63, 3.8) is 0 Å². The fraction of sp³-hybridized carbons (Fsp3) is 0.625. The zero-order valence-electron chi connectivity index (χ0n) is 12.1. The summed E-state index contributed by atoms with van der Waals surface area (Å²) in [7, 11) is 1.81. The summed E-state index contributed by atoms with van der Waals surface area (Å²) in [6, 6.07) is 9.05. The molecule has 3 heteroatoms. The molecule has 0 radical (unpaired) electrons. The number of benzene rings is 1. The molecule has 2 N–H and O–H groups in total. The van der Waals surface area contributed by atoms with Crippen molar-refractivity contribution in [3.05, 3.63) is 35.4 Å². The van der Waals surface area contributed by atoms with E-state index in [1.807, 2.05) is 7.11 Å². The number of hydrogen-bond donors (Lipinski definition) is 1. The molecular weight excluding hydrogens is 236 g/mol. The topological polar surface area (TPSA) is 38.5 Å². The molecule has 2 rings (SSSR count). The number of methoxy groups -OCH3 is 1. The van der Waals surface area contributed by atoms with Gasteiger partial charge in [-0.25, -0.2) is 0 Å². The van der Waals surface area contributed by atoms with E-state index in [1.165, 1.54) is 11.1 Å². The lowest BCUT2D eigenvalue weighted by Crippen LogP contribution is -2.42. The Morgan fingerprint density at radius 1 is 1.32 bits per heavy atom. The first kappa shape index (κ1) is 14.5. The van der Waals surface area contributed by atoms with Crippen LogP contribution in [0.25, 0.3) is 0 Å². The van der Waals surface area contributed by atoms with Crippen molar-refractivity contribution in [2.45, 2.75) is 38.3 Å². The summed E-state index contributed by atoms with van der Waals surface area (Å²) in [6.07, 6.45) is 3.72. The first-order chi connectivity index (χ1) is 9.30. The number of hydrogen-bond acceptors (Lipinski definition) is 3. The summed E-state index contributed by atoms with van der Waals surface area (Å²) in [4.78, 5) is 2.52. The van der Waals surface area contributed by atoms with Gasteiger partial charge in [-0.1, -0.05) is 31.2 Å². The Morgan fingerprint density at radius 2 is 2.00 bits per heavy atom. The lowest BCUT2D eigenvalue weighted by atomic mass is 9.95. The number of ether oxygens (including phenoxy) is 1. The van der Waals surface area contributed by atoms with Crippen molar-refractivity contribution < 1.29 is 4.74 Å². The normalized spacial score (nSPS) is 19.5. The molecule has 1 aromatic carbocycles. The lowest BCUT2D eigenvalue weighted by molar-refractivity contribution is 0.0279. The summed E-state index contributed by atoms with van der Waals surface area (Å²) in [6.45, 7) is 5.06. The van der Waals surface area contributed by atoms with Crippen LogP contribution in [-0.2, 0) is 11.2 Å². The third-order valence-corrected chi connectivity index (χ3v) is 4.27. The second kappa shape index (κ2) is 7.04. The molecular formula is C16H26N2O. The predicted octanol–water partition coefficient (Wildman–Crippen LogP) is 2.36. The summed E-state index contributed by atoms with van der Waals surface area (Å²) >= 11 is 0. The van der Waals surface area contributed by atoms with E-state index in [9.17, 15) is 0 Å². The highest BCUT2D eigenvalue weighted by Gasteiger charge is 2.26. The van der Waals surface area contributed by atoms with Crippen LogP contribution in [0.1, 0.15) is 36.9 Å². The number of piperidine rings is 1. The van der Waals surface area contributed by atoms with Gasteiger partial charge in [-0.2, -0.15) is 0 Å². The van der Waals surface area contributed by atoms with Gasteiger partial charge in [-0.05, 0) is 30.4 Å². The van der Waals surface area contributed by atoms with Crippen LogP contribution in [0.5, 0.6) is 0 Å². The highest BCUT2D eigenvalue weighted by atomic mass is 16.5. The maximum Gasteiger partial charge on any atom is 0.0595 e. The molecule has 1 aromatic rings. The Balaban J connectivity index is 2.12. The number of rotatable bonds is 5. The molecule has 0 aliphatic carbocycles. The summed E-state index contributed by atoms with van der Waals surface area (Å²) in [5.41, 5.74) is 8.88. The minimum absolute atomic E-state index is 0.356. The Labute approximate surface area is 116 Å². The number of aryl methyl sites for hydroxylation is 1. The van der Waals surface area contributed by atoms with Crippen molar-refractivity contribution in [1.82, 2.24) is 4.90 Å². The largest absolute Gasteiger partial charge is 0.381 e. The van der Waals surface area contributed by atoms with Crippen molar-refractivity contribution in [1.29, 1.82) is 0 Å². The molecule has 1 saturated heterocycles. The monoisotopic (exact) mass is 262 g/mol. The average Bonchev–Trinajstić information content (AvgIpc) is 2.49. The van der Waals surface area contributed by atoms with Gasteiger partial charge in [-0.15, -0.1) is 0 Å². The molecule has 19 heavy (non-hydrogen) atoms. The second-order valence-electron chi connectivity index (χ2n) is 5.27. The second-order valence-corrected chi connectivity index (χ2v) is 5.27. The van der Waals surface area contributed by atoms with Crippen molar-refractivity contribution in [3.8, 4) is 0 Å². The molecule has 0 aromatic heterocycles. The van der Waals surface area contributed by atoms with Crippen LogP contribution in [0, 0.1) is 0 Å². The molecule has 106 valence electrons. The Hall–Kier alpha value is -0.900. The van der Waals surface area contributed by atoms with Crippen molar-refractivity contribution in [2.75, 3.05) is 26.7 Å². The number of nitrogens with zero attached hydrogens (tertiary/aromatic N) is 1. The molecule has 1 aliphatic rings. The SMILES string of the molecule is CCc1ccccc1C(CN)N1CCC(OC)CC1. The number of likely N-dealkylation sites (tertiary alicyclic amines) is 1. The molecule has 0 saturated carbocycles. The quantitative estimate of drug-likeness (QED) is 0.885. The Kier molecular flexibility index (Phi) is 5.37. The van der Waals surface area contributed by atoms with E-state index in [1.54, 1.807) is 0 Å². The van der Waals surface area contributed by atoms with Gasteiger partial charge in [0.05, 0.1) is 6.10 Å². The van der Waals surface area contributed by atoms with Gasteiger partial charge in [-0.3, -0.25) is 4.90 Å². The highest BCUT2D eigenvalue weighted by Crippen LogP contribution is 2.27. The van der Waals surface area contributed by atoms with Gasteiger partial charge in [0.25, 0.3) is 0 Å². The third kappa shape index (κ3) is 3.35. The molecule has 1 atom stereocenters. The fourth-order valence-electron chi connectivity index (χ4n) is 3.08. The van der Waals surface area contributed by atoms with Gasteiger partial charge < -0.3 is 10.5 Å². The van der Waals surface area contributed by atoms with Gasteiger partial charge in [0.15, 0.2) is 0 Å². The Morgan fingerprint density at radius 3 is 2.58 bits per heavy atom. The summed E-state index contributed by atoms with van der Waals surface area (Å²) in [5, 5.41) is 0. The zero-order chi connectivity index (χ0) is 13.7. The molecule has 1 fully saturated rings. The first-order valence-corrected chi connectivity index (χ1v) is 7.34. The molecule has 0 amide bonds. The van der Waals surface area contributed by atoms with Gasteiger partial charge in [0, 0.05) is 32.8 Å². The minimum Gasteiger partial charge on any atom is -0.381 e. The molecule has 3 nitrogen and oxygen atoms in total. The summed E-state index contributed by atoms with van der Waals surface area (Å²) < 4.78 is 5.45. The van der Waals surface area contributed by atoms with Gasteiger partial charge in [0.2, 0.25) is 0 Å². The average molecular weight is 262 g/mol. The van der Waals surface area contributed by atoms with Crippen LogP contribution in [0.2, 0.25) is 0 Å². The first-order valence-electron chi connectivity index (χ1n) is 7.34. The molecule has 1 unspecified atom stereocenters. The van der Waals surface area contributed by atoms with Crippen LogP contribution < -0.4 is 5.73 Å². The third-order valence-electron chi connectivity index (χ3n) is 4.27. The Bertz CT molecular complexity index is 386. The van der Waals surface area contributed by atoms with E-state index in [2.05, 4.69) is 36.1 Å². The van der Waals surface area contributed by atoms with E-state index in [0.717, 1.165) is 32.4 Å². The minimum atomic E-state index is 0.356. The van der Waals surface area contributed by atoms with Crippen LogP contribution in [0.15, 0.2) is 24.3 Å².